The van der Waals surface area contributed by atoms with Crippen molar-refractivity contribution in [2.24, 2.45) is 17.6 Å². The van der Waals surface area contributed by atoms with Gasteiger partial charge in [0.05, 0.1) is 0 Å². The third kappa shape index (κ3) is 1.99. The van der Waals surface area contributed by atoms with Crippen LogP contribution >= 0.6 is 12.2 Å². The minimum absolute atomic E-state index is 0.277. The highest BCUT2D eigenvalue weighted by Crippen LogP contribution is 2.40. The summed E-state index contributed by atoms with van der Waals surface area (Å²) in [5, 5.41) is 0. The van der Waals surface area contributed by atoms with Gasteiger partial charge < -0.3 is 10.6 Å². The second kappa shape index (κ2) is 4.50. The number of rotatable bonds is 2. The molecule has 1 saturated carbocycles. The number of fused-ring (bicyclic) bond motifs is 1. The normalized spacial score (nSPS) is 26.4. The molecular formula is C14H17FN2S. The van der Waals surface area contributed by atoms with Crippen LogP contribution in [-0.4, -0.2) is 18.1 Å². The van der Waals surface area contributed by atoms with Gasteiger partial charge in [-0.25, -0.2) is 4.39 Å². The number of nitrogens with zero attached hydrogens (tertiary/aromatic N) is 1. The highest BCUT2D eigenvalue weighted by atomic mass is 32.1. The molecule has 1 aromatic rings. The van der Waals surface area contributed by atoms with Gasteiger partial charge in [-0.1, -0.05) is 18.6 Å². The quantitative estimate of drug-likeness (QED) is 0.833. The Hall–Kier alpha value is -1.16. The molecule has 0 amide bonds. The summed E-state index contributed by atoms with van der Waals surface area (Å²) in [4.78, 5) is 2.60. The Kier molecular flexibility index (Phi) is 2.98. The Morgan fingerprint density at radius 2 is 1.94 bits per heavy atom. The predicted molar refractivity (Wildman–Crippen MR) is 75.3 cm³/mol. The van der Waals surface area contributed by atoms with E-state index in [4.69, 9.17) is 18.0 Å². The van der Waals surface area contributed by atoms with Crippen molar-refractivity contribution in [3.8, 4) is 0 Å². The molecule has 1 heterocycles. The van der Waals surface area contributed by atoms with E-state index in [1.54, 1.807) is 0 Å². The second-order valence-electron chi connectivity index (χ2n) is 5.38. The van der Waals surface area contributed by atoms with Gasteiger partial charge in [0.1, 0.15) is 10.8 Å². The van der Waals surface area contributed by atoms with E-state index < -0.39 is 0 Å². The van der Waals surface area contributed by atoms with Gasteiger partial charge >= 0.3 is 0 Å². The fourth-order valence-electron chi connectivity index (χ4n) is 3.41. The minimum Gasteiger partial charge on any atom is -0.389 e. The molecule has 1 aliphatic heterocycles. The molecule has 18 heavy (non-hydrogen) atoms. The number of hydrogen-bond donors (Lipinski definition) is 1. The Labute approximate surface area is 112 Å². The monoisotopic (exact) mass is 264 g/mol. The molecule has 1 aliphatic carbocycles. The first kappa shape index (κ1) is 11.9. The van der Waals surface area contributed by atoms with Crippen LogP contribution < -0.4 is 10.6 Å². The van der Waals surface area contributed by atoms with Crippen molar-refractivity contribution in [1.29, 1.82) is 0 Å². The van der Waals surface area contributed by atoms with Gasteiger partial charge in [0.15, 0.2) is 0 Å². The fraction of sp³-hybridized carbons (Fsp3) is 0.500. The lowest BCUT2D eigenvalue weighted by molar-refractivity contribution is 0.494. The fourth-order valence-corrected chi connectivity index (χ4v) is 3.58. The van der Waals surface area contributed by atoms with Crippen molar-refractivity contribution in [2.75, 3.05) is 18.0 Å². The smallest absolute Gasteiger partial charge is 0.124 e. The molecule has 2 atom stereocenters. The second-order valence-corrected chi connectivity index (χ2v) is 5.82. The summed E-state index contributed by atoms with van der Waals surface area (Å²) in [6.45, 7) is 2.12. The summed E-state index contributed by atoms with van der Waals surface area (Å²) < 4.78 is 13.3. The Balaban J connectivity index is 1.90. The summed E-state index contributed by atoms with van der Waals surface area (Å²) in [6, 6.07) is 4.75. The zero-order valence-corrected chi connectivity index (χ0v) is 11.0. The summed E-state index contributed by atoms with van der Waals surface area (Å²) in [6.07, 6.45) is 4.00. The van der Waals surface area contributed by atoms with Crippen LogP contribution in [-0.2, 0) is 0 Å². The molecule has 2 unspecified atom stereocenters. The van der Waals surface area contributed by atoms with E-state index in [1.165, 1.54) is 31.4 Å². The maximum Gasteiger partial charge on any atom is 0.124 e. The third-order valence-electron chi connectivity index (χ3n) is 4.29. The van der Waals surface area contributed by atoms with Crippen LogP contribution in [0.1, 0.15) is 24.8 Å². The van der Waals surface area contributed by atoms with Gasteiger partial charge in [0.2, 0.25) is 0 Å². The van der Waals surface area contributed by atoms with Crippen molar-refractivity contribution in [3.05, 3.63) is 29.6 Å². The Morgan fingerprint density at radius 1 is 1.28 bits per heavy atom. The summed E-state index contributed by atoms with van der Waals surface area (Å²) in [5.41, 5.74) is 7.37. The molecule has 1 aromatic carbocycles. The molecule has 3 rings (SSSR count). The van der Waals surface area contributed by atoms with Crippen LogP contribution in [0.25, 0.3) is 0 Å². The minimum atomic E-state index is -0.277. The molecule has 96 valence electrons. The largest absolute Gasteiger partial charge is 0.389 e. The van der Waals surface area contributed by atoms with Crippen LogP contribution in [0.4, 0.5) is 10.1 Å². The van der Waals surface area contributed by atoms with E-state index >= 15 is 0 Å². The average molecular weight is 264 g/mol. The number of nitrogens with two attached hydrogens (primary N) is 1. The third-order valence-corrected chi connectivity index (χ3v) is 4.51. The first-order valence-electron chi connectivity index (χ1n) is 6.49. The topological polar surface area (TPSA) is 29.3 Å². The van der Waals surface area contributed by atoms with Crippen LogP contribution in [0.2, 0.25) is 0 Å². The summed E-state index contributed by atoms with van der Waals surface area (Å²) in [7, 11) is 0. The van der Waals surface area contributed by atoms with Gasteiger partial charge in [0.25, 0.3) is 0 Å². The van der Waals surface area contributed by atoms with Crippen molar-refractivity contribution in [2.45, 2.75) is 19.3 Å². The van der Waals surface area contributed by atoms with E-state index in [0.717, 1.165) is 30.6 Å². The molecule has 2 fully saturated rings. The SMILES string of the molecule is NC(=S)c1cc(F)ccc1N1CC2CCCC2C1. The maximum absolute atomic E-state index is 13.3. The molecule has 1 saturated heterocycles. The van der Waals surface area contributed by atoms with Gasteiger partial charge in [-0.05, 0) is 42.9 Å². The number of halogens is 1. The van der Waals surface area contributed by atoms with Crippen LogP contribution in [0, 0.1) is 17.7 Å². The van der Waals surface area contributed by atoms with E-state index in [1.807, 2.05) is 6.07 Å². The average Bonchev–Trinajstić information content (AvgIpc) is 2.88. The number of hydrogen-bond acceptors (Lipinski definition) is 2. The van der Waals surface area contributed by atoms with Crippen LogP contribution in [0.3, 0.4) is 0 Å². The molecule has 4 heteroatoms. The Morgan fingerprint density at radius 3 is 2.56 bits per heavy atom. The maximum atomic E-state index is 13.3. The lowest BCUT2D eigenvalue weighted by Gasteiger charge is -2.22. The number of thiocarbonyl (C=S) groups is 1. The number of anilines is 1. The molecule has 0 aromatic heterocycles. The van der Waals surface area contributed by atoms with E-state index in [0.29, 0.717) is 5.56 Å². The lowest BCUT2D eigenvalue weighted by Crippen LogP contribution is -2.24. The number of benzene rings is 1. The molecular weight excluding hydrogens is 247 g/mol. The standard InChI is InChI=1S/C14H17FN2S/c15-11-4-5-13(12(6-11)14(16)18)17-7-9-2-1-3-10(9)8-17/h4-6,9-10H,1-3,7-8H2,(H2,16,18). The van der Waals surface area contributed by atoms with E-state index in [9.17, 15) is 4.39 Å². The van der Waals surface area contributed by atoms with E-state index in [2.05, 4.69) is 4.90 Å². The van der Waals surface area contributed by atoms with Gasteiger partial charge in [-0.3, -0.25) is 0 Å². The van der Waals surface area contributed by atoms with E-state index in [-0.39, 0.29) is 10.8 Å². The first-order valence-corrected chi connectivity index (χ1v) is 6.90. The first-order chi connectivity index (χ1) is 8.65. The highest BCUT2D eigenvalue weighted by molar-refractivity contribution is 7.80. The van der Waals surface area contributed by atoms with Gasteiger partial charge in [-0.2, -0.15) is 0 Å². The van der Waals surface area contributed by atoms with Crippen LogP contribution in [0.15, 0.2) is 18.2 Å². The zero-order chi connectivity index (χ0) is 12.7. The Bertz CT molecular complexity index is 477. The van der Waals surface area contributed by atoms with Crippen molar-refractivity contribution >= 4 is 22.9 Å². The van der Waals surface area contributed by atoms with Crippen LogP contribution in [0.5, 0.6) is 0 Å². The molecule has 2 nitrogen and oxygen atoms in total. The summed E-state index contributed by atoms with van der Waals surface area (Å²) >= 11 is 5.03. The van der Waals surface area contributed by atoms with Crippen molar-refractivity contribution < 1.29 is 4.39 Å². The highest BCUT2D eigenvalue weighted by Gasteiger charge is 2.36. The molecule has 2 aliphatic rings. The molecule has 0 bridgehead atoms. The predicted octanol–water partition coefficient (Wildman–Crippen LogP) is 2.70. The van der Waals surface area contributed by atoms with Crippen molar-refractivity contribution in [3.63, 3.8) is 0 Å². The van der Waals surface area contributed by atoms with Gasteiger partial charge in [0, 0.05) is 24.3 Å². The van der Waals surface area contributed by atoms with Crippen molar-refractivity contribution in [1.82, 2.24) is 0 Å². The van der Waals surface area contributed by atoms with Gasteiger partial charge in [-0.15, -0.1) is 0 Å². The zero-order valence-electron chi connectivity index (χ0n) is 10.2. The summed E-state index contributed by atoms with van der Waals surface area (Å²) in [5.74, 6) is 1.32. The lowest BCUT2D eigenvalue weighted by atomic mass is 10.0. The molecule has 2 N–H and O–H groups in total. The molecule has 0 spiro atoms. The molecule has 0 radical (unpaired) electrons.